The Bertz CT molecular complexity index is 237. The van der Waals surface area contributed by atoms with Crippen molar-refractivity contribution >= 4 is 0 Å². The molecule has 2 heteroatoms. The minimum Gasteiger partial charge on any atom is -0.375 e. The Morgan fingerprint density at radius 2 is 1.71 bits per heavy atom. The van der Waals surface area contributed by atoms with E-state index in [4.69, 9.17) is 10.5 Å². The Labute approximate surface area is 106 Å². The van der Waals surface area contributed by atoms with Gasteiger partial charge in [0.2, 0.25) is 0 Å². The number of hydrogen-bond acceptors (Lipinski definition) is 2. The van der Waals surface area contributed by atoms with E-state index in [-0.39, 0.29) is 0 Å². The summed E-state index contributed by atoms with van der Waals surface area (Å²) in [4.78, 5) is 0. The number of rotatable bonds is 3. The van der Waals surface area contributed by atoms with Gasteiger partial charge in [-0.2, -0.15) is 0 Å². The molecule has 1 saturated carbocycles. The minimum atomic E-state index is 0.341. The van der Waals surface area contributed by atoms with Crippen LogP contribution in [-0.2, 0) is 4.74 Å². The summed E-state index contributed by atoms with van der Waals surface area (Å²) in [5.41, 5.74) is 6.47. The third-order valence-electron chi connectivity index (χ3n) is 5.14. The van der Waals surface area contributed by atoms with E-state index in [0.29, 0.717) is 30.1 Å². The molecule has 1 saturated heterocycles. The van der Waals surface area contributed by atoms with Gasteiger partial charge in [-0.05, 0) is 32.1 Å². The van der Waals surface area contributed by atoms with Gasteiger partial charge in [-0.3, -0.25) is 0 Å². The predicted molar refractivity (Wildman–Crippen MR) is 71.8 cm³/mol. The van der Waals surface area contributed by atoms with Crippen LogP contribution in [0, 0.1) is 17.8 Å². The summed E-state index contributed by atoms with van der Waals surface area (Å²) in [7, 11) is 0. The maximum atomic E-state index is 6.47. The number of hydrogen-bond donors (Lipinski definition) is 1. The molecule has 5 unspecified atom stereocenters. The molecule has 2 fully saturated rings. The normalized spacial score (nSPS) is 41.6. The van der Waals surface area contributed by atoms with Gasteiger partial charge in [0, 0.05) is 12.0 Å². The van der Waals surface area contributed by atoms with Crippen LogP contribution in [0.2, 0.25) is 0 Å². The lowest BCUT2D eigenvalue weighted by atomic mass is 9.77. The van der Waals surface area contributed by atoms with Gasteiger partial charge >= 0.3 is 0 Å². The molecule has 0 aromatic carbocycles. The van der Waals surface area contributed by atoms with Gasteiger partial charge in [-0.1, -0.05) is 39.0 Å². The minimum absolute atomic E-state index is 0.341. The number of ether oxygens (including phenoxy) is 1. The molecule has 1 heterocycles. The van der Waals surface area contributed by atoms with Crippen LogP contribution in [0.1, 0.15) is 59.3 Å². The van der Waals surface area contributed by atoms with Crippen LogP contribution in [0.3, 0.4) is 0 Å². The van der Waals surface area contributed by atoms with E-state index < -0.39 is 0 Å². The fourth-order valence-electron chi connectivity index (χ4n) is 4.00. The van der Waals surface area contributed by atoms with Gasteiger partial charge in [-0.25, -0.2) is 0 Å². The van der Waals surface area contributed by atoms with Crippen LogP contribution >= 0.6 is 0 Å². The second kappa shape index (κ2) is 5.71. The van der Waals surface area contributed by atoms with E-state index in [2.05, 4.69) is 20.8 Å². The van der Waals surface area contributed by atoms with Crippen molar-refractivity contribution < 1.29 is 4.74 Å². The molecule has 2 N–H and O–H groups in total. The molecule has 100 valence electrons. The molecule has 1 aliphatic heterocycles. The zero-order valence-corrected chi connectivity index (χ0v) is 11.7. The highest BCUT2D eigenvalue weighted by atomic mass is 16.5. The van der Waals surface area contributed by atoms with E-state index in [1.807, 2.05) is 0 Å². The summed E-state index contributed by atoms with van der Waals surface area (Å²) in [5.74, 6) is 2.06. The van der Waals surface area contributed by atoms with Gasteiger partial charge in [0.25, 0.3) is 0 Å². The Morgan fingerprint density at radius 3 is 2.24 bits per heavy atom. The quantitative estimate of drug-likeness (QED) is 0.820. The monoisotopic (exact) mass is 239 g/mol. The zero-order chi connectivity index (χ0) is 12.4. The maximum absolute atomic E-state index is 6.47. The molecule has 0 radical (unpaired) electrons. The summed E-state index contributed by atoms with van der Waals surface area (Å²) in [6, 6.07) is 0.341. The molecule has 5 atom stereocenters. The van der Waals surface area contributed by atoms with Crippen molar-refractivity contribution in [2.45, 2.75) is 77.5 Å². The SMILES string of the molecule is CC1OC(C)C(C(N)CC2CCCCC2)C1C. The first-order valence-corrected chi connectivity index (χ1v) is 7.50. The van der Waals surface area contributed by atoms with E-state index in [9.17, 15) is 0 Å². The standard InChI is InChI=1S/C15H29NO/c1-10-11(2)17-12(3)15(10)14(16)9-13-7-5-4-6-8-13/h10-15H,4-9,16H2,1-3H3. The molecule has 2 nitrogen and oxygen atoms in total. The van der Waals surface area contributed by atoms with Gasteiger partial charge in [0.15, 0.2) is 0 Å². The molecule has 2 rings (SSSR count). The van der Waals surface area contributed by atoms with E-state index >= 15 is 0 Å². The van der Waals surface area contributed by atoms with Crippen molar-refractivity contribution in [1.29, 1.82) is 0 Å². The van der Waals surface area contributed by atoms with Gasteiger partial charge in [-0.15, -0.1) is 0 Å². The topological polar surface area (TPSA) is 35.2 Å². The lowest BCUT2D eigenvalue weighted by Crippen LogP contribution is -2.39. The molecule has 0 spiro atoms. The van der Waals surface area contributed by atoms with Crippen molar-refractivity contribution in [1.82, 2.24) is 0 Å². The van der Waals surface area contributed by atoms with Crippen molar-refractivity contribution in [3.05, 3.63) is 0 Å². The molecular formula is C15H29NO. The maximum Gasteiger partial charge on any atom is 0.0597 e. The number of nitrogens with two attached hydrogens (primary N) is 1. The third kappa shape index (κ3) is 3.03. The second-order valence-corrected chi connectivity index (χ2v) is 6.39. The summed E-state index contributed by atoms with van der Waals surface area (Å²) in [6.07, 6.45) is 9.02. The average molecular weight is 239 g/mol. The molecule has 0 bridgehead atoms. The molecule has 17 heavy (non-hydrogen) atoms. The Morgan fingerprint density at radius 1 is 1.06 bits per heavy atom. The summed E-state index contributed by atoms with van der Waals surface area (Å²) < 4.78 is 5.92. The predicted octanol–water partition coefficient (Wildman–Crippen LogP) is 3.34. The molecule has 1 aliphatic carbocycles. The van der Waals surface area contributed by atoms with Crippen LogP contribution in [0.25, 0.3) is 0 Å². The van der Waals surface area contributed by atoms with Crippen molar-refractivity contribution in [2.24, 2.45) is 23.5 Å². The molecule has 0 aromatic rings. The van der Waals surface area contributed by atoms with Crippen LogP contribution in [-0.4, -0.2) is 18.2 Å². The molecule has 0 amide bonds. The molecule has 0 aromatic heterocycles. The fraction of sp³-hybridized carbons (Fsp3) is 1.00. The first-order valence-electron chi connectivity index (χ1n) is 7.50. The van der Waals surface area contributed by atoms with Crippen LogP contribution in [0.15, 0.2) is 0 Å². The highest BCUT2D eigenvalue weighted by Gasteiger charge is 2.40. The highest BCUT2D eigenvalue weighted by molar-refractivity contribution is 4.91. The van der Waals surface area contributed by atoms with E-state index in [1.165, 1.54) is 38.5 Å². The largest absolute Gasteiger partial charge is 0.375 e. The highest BCUT2D eigenvalue weighted by Crippen LogP contribution is 2.37. The van der Waals surface area contributed by atoms with Crippen molar-refractivity contribution in [3.63, 3.8) is 0 Å². The first kappa shape index (κ1) is 13.4. The van der Waals surface area contributed by atoms with Crippen LogP contribution in [0.5, 0.6) is 0 Å². The van der Waals surface area contributed by atoms with Crippen molar-refractivity contribution in [3.8, 4) is 0 Å². The van der Waals surface area contributed by atoms with Crippen LogP contribution in [0.4, 0.5) is 0 Å². The lowest BCUT2D eigenvalue weighted by molar-refractivity contribution is 0.0479. The van der Waals surface area contributed by atoms with Crippen LogP contribution < -0.4 is 5.73 Å². The summed E-state index contributed by atoms with van der Waals surface area (Å²) in [6.45, 7) is 6.69. The molecular weight excluding hydrogens is 210 g/mol. The van der Waals surface area contributed by atoms with Gasteiger partial charge in [0.05, 0.1) is 12.2 Å². The summed E-state index contributed by atoms with van der Waals surface area (Å²) in [5, 5.41) is 0. The van der Waals surface area contributed by atoms with Crippen molar-refractivity contribution in [2.75, 3.05) is 0 Å². The van der Waals surface area contributed by atoms with Gasteiger partial charge in [0.1, 0.15) is 0 Å². The Kier molecular flexibility index (Phi) is 4.48. The van der Waals surface area contributed by atoms with Gasteiger partial charge < -0.3 is 10.5 Å². The Hall–Kier alpha value is -0.0800. The third-order valence-corrected chi connectivity index (χ3v) is 5.14. The summed E-state index contributed by atoms with van der Waals surface area (Å²) >= 11 is 0. The lowest BCUT2D eigenvalue weighted by Gasteiger charge is -2.30. The average Bonchev–Trinajstić information content (AvgIpc) is 2.54. The first-order chi connectivity index (χ1) is 8.09. The zero-order valence-electron chi connectivity index (χ0n) is 11.7. The van der Waals surface area contributed by atoms with E-state index in [1.54, 1.807) is 0 Å². The van der Waals surface area contributed by atoms with E-state index in [0.717, 1.165) is 5.92 Å². The Balaban J connectivity index is 1.88. The second-order valence-electron chi connectivity index (χ2n) is 6.39. The fourth-order valence-corrected chi connectivity index (χ4v) is 4.00. The smallest absolute Gasteiger partial charge is 0.0597 e. The molecule has 2 aliphatic rings.